The first-order valence-corrected chi connectivity index (χ1v) is 16.3. The van der Waals surface area contributed by atoms with Gasteiger partial charge < -0.3 is 4.57 Å². The largest absolute Gasteiger partial charge is 4.00 e. The van der Waals surface area contributed by atoms with Gasteiger partial charge in [0.05, 0.1) is 0 Å². The van der Waals surface area contributed by atoms with Gasteiger partial charge in [0.2, 0.25) is 0 Å². The number of pyridine rings is 1. The molecule has 6 heteroatoms. The monoisotopic (exact) mass is 763 g/mol. The number of fused-ring (bicyclic) bond motifs is 1. The first-order valence-electron chi connectivity index (χ1n) is 14.6. The summed E-state index contributed by atoms with van der Waals surface area (Å²) in [6, 6.07) is 61.6. The van der Waals surface area contributed by atoms with E-state index in [1.54, 1.807) is 0 Å². The van der Waals surface area contributed by atoms with Gasteiger partial charge in [0.25, 0.3) is 0 Å². The van der Waals surface area contributed by atoms with E-state index in [-0.39, 0.29) is 51.0 Å². The van der Waals surface area contributed by atoms with Crippen LogP contribution < -0.4 is 16.0 Å². The molecular weight excluding hydrogens is 728 g/mol. The molecule has 0 radical (unpaired) electrons. The van der Waals surface area contributed by atoms with Crippen molar-refractivity contribution in [3.63, 3.8) is 0 Å². The molecule has 1 aromatic heterocycles. The molecule has 0 saturated carbocycles. The fourth-order valence-corrected chi connectivity index (χ4v) is 6.73. The first-order chi connectivity index (χ1) is 22.0. The van der Waals surface area contributed by atoms with Crippen molar-refractivity contribution in [2.24, 2.45) is 0 Å². The van der Waals surface area contributed by atoms with Crippen LogP contribution >= 0.6 is 32.0 Å². The van der Waals surface area contributed by atoms with Gasteiger partial charge in [-0.05, 0) is 5.52 Å². The van der Waals surface area contributed by atoms with Crippen molar-refractivity contribution in [2.45, 2.75) is 0 Å². The smallest absolute Gasteiger partial charge is 0.309 e. The predicted octanol–water partition coefficient (Wildman–Crippen LogP) is 10.1. The third-order valence-corrected chi connectivity index (χ3v) is 9.46. The summed E-state index contributed by atoms with van der Waals surface area (Å²) in [4.78, 5) is 4.68. The second-order valence-electron chi connectivity index (χ2n) is 10.0. The third kappa shape index (κ3) is 12.9. The molecule has 0 atom stereocenters. The summed E-state index contributed by atoms with van der Waals surface area (Å²) in [6.45, 7) is 11.2. The van der Waals surface area contributed by atoms with Gasteiger partial charge in [-0.25, -0.2) is 12.1 Å². The molecule has 1 heterocycles. The minimum absolute atomic E-state index is 0. The molecule has 6 aromatic carbocycles. The van der Waals surface area contributed by atoms with Crippen molar-refractivity contribution in [2.75, 3.05) is 0 Å². The van der Waals surface area contributed by atoms with E-state index in [2.05, 4.69) is 31.8 Å². The topological polar surface area (TPSA) is 30.0 Å². The average molecular weight is 766 g/mol. The van der Waals surface area contributed by atoms with Crippen LogP contribution in [0.2, 0.25) is 0 Å². The average Bonchev–Trinajstić information content (AvgIpc) is 3.10. The standard InChI is InChI=1S/C21H15NOP.3C7H7.2ClH.Zr/c23-24(18-10-3-1-4-11-18,19-12-5-2-6-13-19)21-16-15-17-9-7-8-14-20(17)22-21;3*1-7-5-3-2-4-6-7;;;/h1-15H;3*2-6H,1H2;2*1H;/q4*-1;;;+4. The van der Waals surface area contributed by atoms with Crippen LogP contribution in [0, 0.1) is 26.8 Å². The number of para-hydroxylation sites is 1. The second-order valence-corrected chi connectivity index (χ2v) is 12.7. The van der Waals surface area contributed by atoms with Gasteiger partial charge in [0, 0.05) is 16.0 Å². The Kier molecular flexibility index (Phi) is 19.8. The SMILES string of the molecule is Cl.Cl.O=P(c1ccccc1)(c1ccccc1)c1[c-]cc2ccccc2n1.[CH2-]c1ccccc1.[CH2-]c1ccccc1.[CH2-]c1ccccc1.[Zr+4]. The van der Waals surface area contributed by atoms with Crippen LogP contribution in [0.5, 0.6) is 0 Å². The van der Waals surface area contributed by atoms with Gasteiger partial charge in [-0.2, -0.15) is 73.9 Å². The van der Waals surface area contributed by atoms with E-state index in [4.69, 9.17) is 0 Å². The van der Waals surface area contributed by atoms with E-state index in [0.29, 0.717) is 5.44 Å². The molecule has 0 amide bonds. The van der Waals surface area contributed by atoms with E-state index in [9.17, 15) is 4.57 Å². The van der Waals surface area contributed by atoms with Gasteiger partial charge >= 0.3 is 26.2 Å². The normalized spacial score (nSPS) is 9.50. The van der Waals surface area contributed by atoms with E-state index < -0.39 is 7.14 Å². The number of hydrogen-bond acceptors (Lipinski definition) is 2. The van der Waals surface area contributed by atoms with E-state index >= 15 is 0 Å². The van der Waals surface area contributed by atoms with Crippen LogP contribution in [-0.2, 0) is 30.8 Å². The van der Waals surface area contributed by atoms with E-state index in [1.165, 1.54) is 0 Å². The molecule has 0 aliphatic carbocycles. The van der Waals surface area contributed by atoms with E-state index in [0.717, 1.165) is 38.2 Å². The summed E-state index contributed by atoms with van der Waals surface area (Å²) in [6.07, 6.45) is 0. The summed E-state index contributed by atoms with van der Waals surface area (Å²) >= 11 is 0. The minimum atomic E-state index is -3.05. The molecular formula is C42H38Cl2NOPZr. The van der Waals surface area contributed by atoms with Gasteiger partial charge in [0.1, 0.15) is 0 Å². The summed E-state index contributed by atoms with van der Waals surface area (Å²) in [5, 5.41) is 2.54. The van der Waals surface area contributed by atoms with Crippen LogP contribution in [0.15, 0.2) is 182 Å². The Balaban J connectivity index is 0.000000393. The molecule has 7 aromatic rings. The Morgan fingerprint density at radius 2 is 0.771 bits per heavy atom. The molecule has 48 heavy (non-hydrogen) atoms. The number of aromatic nitrogens is 1. The Morgan fingerprint density at radius 3 is 1.10 bits per heavy atom. The fraction of sp³-hybridized carbons (Fsp3) is 0. The summed E-state index contributed by atoms with van der Waals surface area (Å²) in [5.74, 6) is 0. The van der Waals surface area contributed by atoms with Crippen molar-refractivity contribution in [1.82, 2.24) is 4.98 Å². The number of rotatable bonds is 3. The van der Waals surface area contributed by atoms with Gasteiger partial charge in [-0.3, -0.25) is 4.98 Å². The maximum atomic E-state index is 14.2. The summed E-state index contributed by atoms with van der Waals surface area (Å²) < 4.78 is 14.2. The molecule has 0 fully saturated rings. The Bertz CT molecular complexity index is 1760. The number of halogens is 2. The Hall–Kier alpha value is -3.97. The van der Waals surface area contributed by atoms with Crippen LogP contribution in [0.4, 0.5) is 0 Å². The zero-order valence-corrected chi connectivity index (χ0v) is 31.5. The molecule has 0 bridgehead atoms. The molecule has 240 valence electrons. The van der Waals surface area contributed by atoms with Crippen molar-refractivity contribution < 1.29 is 30.8 Å². The zero-order chi connectivity index (χ0) is 31.7. The van der Waals surface area contributed by atoms with Crippen molar-refractivity contribution >= 4 is 58.9 Å². The molecule has 0 aliphatic heterocycles. The quantitative estimate of drug-likeness (QED) is 0.133. The predicted molar refractivity (Wildman–Crippen MR) is 207 cm³/mol. The number of hydrogen-bond donors (Lipinski definition) is 0. The maximum absolute atomic E-state index is 14.2. The molecule has 0 N–H and O–H groups in total. The molecule has 2 nitrogen and oxygen atoms in total. The molecule has 0 saturated heterocycles. The van der Waals surface area contributed by atoms with Gasteiger partial charge in [-0.15, -0.1) is 72.7 Å². The fourth-order valence-electron chi connectivity index (χ4n) is 4.26. The molecule has 0 unspecified atom stereocenters. The Morgan fingerprint density at radius 1 is 0.458 bits per heavy atom. The number of benzene rings is 6. The first kappa shape index (κ1) is 42.1. The minimum Gasteiger partial charge on any atom is -0.309 e. The maximum Gasteiger partial charge on any atom is 4.00 e. The molecule has 0 spiro atoms. The molecule has 7 rings (SSSR count). The van der Waals surface area contributed by atoms with Crippen molar-refractivity contribution in [3.8, 4) is 0 Å². The van der Waals surface area contributed by atoms with Crippen LogP contribution in [0.1, 0.15) is 16.7 Å². The van der Waals surface area contributed by atoms with E-state index in [1.807, 2.05) is 182 Å². The summed E-state index contributed by atoms with van der Waals surface area (Å²) in [5.41, 5.74) is 4.55. The molecule has 0 aliphatic rings. The number of nitrogens with zero attached hydrogens (tertiary/aromatic N) is 1. The van der Waals surface area contributed by atoms with Crippen molar-refractivity contribution in [1.29, 1.82) is 0 Å². The van der Waals surface area contributed by atoms with Gasteiger partial charge in [-0.1, -0.05) is 97.1 Å². The summed E-state index contributed by atoms with van der Waals surface area (Å²) in [7, 11) is -3.05. The Labute approximate surface area is 318 Å². The second kappa shape index (κ2) is 22.6. The van der Waals surface area contributed by atoms with Crippen LogP contribution in [-0.4, -0.2) is 4.98 Å². The van der Waals surface area contributed by atoms with Crippen LogP contribution in [0.3, 0.4) is 0 Å². The zero-order valence-electron chi connectivity index (χ0n) is 26.6. The third-order valence-electron chi connectivity index (χ3n) is 6.59. The van der Waals surface area contributed by atoms with Crippen molar-refractivity contribution in [3.05, 3.63) is 226 Å². The van der Waals surface area contributed by atoms with Gasteiger partial charge in [0.15, 0.2) is 7.14 Å². The van der Waals surface area contributed by atoms with Crippen LogP contribution in [0.25, 0.3) is 10.9 Å².